The number of fused-ring (bicyclic) bond motifs is 2. The fourth-order valence-corrected chi connectivity index (χ4v) is 4.42. The summed E-state index contributed by atoms with van der Waals surface area (Å²) in [5.41, 5.74) is 5.08. The first-order chi connectivity index (χ1) is 9.24. The lowest BCUT2D eigenvalue weighted by molar-refractivity contribution is 0.678. The predicted molar refractivity (Wildman–Crippen MR) is 79.1 cm³/mol. The molecule has 19 heavy (non-hydrogen) atoms. The van der Waals surface area contributed by atoms with Crippen LogP contribution in [0.2, 0.25) is 0 Å². The first-order valence-electron chi connectivity index (χ1n) is 6.89. The molecule has 3 rings (SSSR count). The quantitative estimate of drug-likeness (QED) is 0.690. The number of benzene rings is 2. The average molecular weight is 270 g/mol. The molecule has 2 aromatic carbocycles. The Morgan fingerprint density at radius 1 is 1.05 bits per heavy atom. The van der Waals surface area contributed by atoms with E-state index < -0.39 is 10.8 Å². The van der Waals surface area contributed by atoms with E-state index in [0.29, 0.717) is 0 Å². The normalized spacial score (nSPS) is 16.8. The number of aryl methyl sites for hydroxylation is 2. The molecule has 1 unspecified atom stereocenters. The van der Waals surface area contributed by atoms with Gasteiger partial charge in [0.2, 0.25) is 0 Å². The van der Waals surface area contributed by atoms with E-state index in [1.54, 1.807) is 0 Å². The van der Waals surface area contributed by atoms with E-state index in [9.17, 15) is 4.21 Å². The van der Waals surface area contributed by atoms with Gasteiger partial charge in [0.05, 0.1) is 15.7 Å². The lowest BCUT2D eigenvalue weighted by atomic mass is 9.97. The molecule has 0 N–H and O–H groups in total. The Labute approximate surface area is 117 Å². The SMILES string of the molecule is CCc1cc(CC)c2c(c1)Cc1ccccc1S2=O. The van der Waals surface area contributed by atoms with Crippen molar-refractivity contribution in [2.24, 2.45) is 0 Å². The van der Waals surface area contributed by atoms with Crippen LogP contribution >= 0.6 is 0 Å². The molecule has 98 valence electrons. The highest BCUT2D eigenvalue weighted by atomic mass is 32.2. The van der Waals surface area contributed by atoms with Crippen LogP contribution in [0.4, 0.5) is 0 Å². The minimum atomic E-state index is -1.01. The van der Waals surface area contributed by atoms with Crippen molar-refractivity contribution in [3.8, 4) is 0 Å². The molecule has 0 fully saturated rings. The second kappa shape index (κ2) is 4.93. The molecule has 1 atom stereocenters. The lowest BCUT2D eigenvalue weighted by Gasteiger charge is -2.22. The summed E-state index contributed by atoms with van der Waals surface area (Å²) in [6.07, 6.45) is 2.90. The third kappa shape index (κ3) is 2.04. The van der Waals surface area contributed by atoms with Gasteiger partial charge in [-0.3, -0.25) is 0 Å². The molecule has 1 aliphatic rings. The first kappa shape index (κ1) is 12.6. The number of hydrogen-bond donors (Lipinski definition) is 0. The number of hydrogen-bond acceptors (Lipinski definition) is 1. The smallest absolute Gasteiger partial charge is 0.0858 e. The highest BCUT2D eigenvalue weighted by Crippen LogP contribution is 2.34. The minimum absolute atomic E-state index is 0.915. The van der Waals surface area contributed by atoms with E-state index >= 15 is 0 Å². The van der Waals surface area contributed by atoms with Crippen LogP contribution in [0.1, 0.15) is 36.1 Å². The van der Waals surface area contributed by atoms with Crippen molar-refractivity contribution >= 4 is 10.8 Å². The van der Waals surface area contributed by atoms with E-state index in [1.807, 2.05) is 18.2 Å². The molecule has 1 aliphatic heterocycles. The molecule has 1 nitrogen and oxygen atoms in total. The van der Waals surface area contributed by atoms with E-state index in [-0.39, 0.29) is 0 Å². The fourth-order valence-electron chi connectivity index (χ4n) is 2.81. The van der Waals surface area contributed by atoms with Gasteiger partial charge >= 0.3 is 0 Å². The van der Waals surface area contributed by atoms with Crippen molar-refractivity contribution in [2.75, 3.05) is 0 Å². The van der Waals surface area contributed by atoms with Gasteiger partial charge in [0.25, 0.3) is 0 Å². The summed E-state index contributed by atoms with van der Waals surface area (Å²) < 4.78 is 12.8. The molecule has 0 aliphatic carbocycles. The zero-order valence-electron chi connectivity index (χ0n) is 11.4. The van der Waals surface area contributed by atoms with Crippen LogP contribution in [0.3, 0.4) is 0 Å². The Morgan fingerprint density at radius 2 is 1.84 bits per heavy atom. The summed E-state index contributed by atoms with van der Waals surface area (Å²) in [6.45, 7) is 4.32. The van der Waals surface area contributed by atoms with Crippen LogP contribution in [0.15, 0.2) is 46.2 Å². The molecule has 2 heteroatoms. The molecular formula is C17H18OS. The third-order valence-corrected chi connectivity index (χ3v) is 5.52. The van der Waals surface area contributed by atoms with Crippen LogP contribution in [-0.4, -0.2) is 4.21 Å². The summed E-state index contributed by atoms with van der Waals surface area (Å²) >= 11 is 0. The van der Waals surface area contributed by atoms with Crippen molar-refractivity contribution in [1.29, 1.82) is 0 Å². The largest absolute Gasteiger partial charge is 0.249 e. The minimum Gasteiger partial charge on any atom is -0.249 e. The summed E-state index contributed by atoms with van der Waals surface area (Å²) in [5.74, 6) is 0. The Morgan fingerprint density at radius 3 is 2.58 bits per heavy atom. The molecule has 0 radical (unpaired) electrons. The molecule has 0 aromatic heterocycles. The summed E-state index contributed by atoms with van der Waals surface area (Å²) in [5, 5.41) is 0. The number of rotatable bonds is 2. The maximum absolute atomic E-state index is 12.8. The Hall–Kier alpha value is -1.41. The monoisotopic (exact) mass is 270 g/mol. The summed E-state index contributed by atoms with van der Waals surface area (Å²) in [4.78, 5) is 2.06. The molecule has 0 spiro atoms. The van der Waals surface area contributed by atoms with E-state index in [4.69, 9.17) is 0 Å². The van der Waals surface area contributed by atoms with Gasteiger partial charge in [-0.1, -0.05) is 44.2 Å². The van der Waals surface area contributed by atoms with Crippen molar-refractivity contribution < 1.29 is 4.21 Å². The third-order valence-electron chi connectivity index (χ3n) is 3.83. The standard InChI is InChI=1S/C17H18OS/c1-3-12-9-13(4-2)17-15(10-12)11-14-7-5-6-8-16(14)19(17)18/h5-10H,3-4,11H2,1-2H3. The fraction of sp³-hybridized carbons (Fsp3) is 0.294. The molecule has 0 saturated carbocycles. The van der Waals surface area contributed by atoms with Crippen LogP contribution in [0, 0.1) is 0 Å². The zero-order valence-corrected chi connectivity index (χ0v) is 12.2. The van der Waals surface area contributed by atoms with Gasteiger partial charge in [-0.05, 0) is 47.6 Å². The van der Waals surface area contributed by atoms with Crippen molar-refractivity contribution in [3.63, 3.8) is 0 Å². The van der Waals surface area contributed by atoms with Gasteiger partial charge in [0.15, 0.2) is 0 Å². The molecule has 0 saturated heterocycles. The van der Waals surface area contributed by atoms with E-state index in [2.05, 4.69) is 32.0 Å². The Kier molecular flexibility index (Phi) is 3.28. The molecular weight excluding hydrogens is 252 g/mol. The molecule has 0 amide bonds. The lowest BCUT2D eigenvalue weighted by Crippen LogP contribution is -2.12. The highest BCUT2D eigenvalue weighted by Gasteiger charge is 2.24. The second-order valence-corrected chi connectivity index (χ2v) is 6.39. The maximum atomic E-state index is 12.8. The molecule has 0 bridgehead atoms. The van der Waals surface area contributed by atoms with E-state index in [0.717, 1.165) is 29.1 Å². The van der Waals surface area contributed by atoms with Gasteiger partial charge in [-0.25, -0.2) is 4.21 Å². The highest BCUT2D eigenvalue weighted by molar-refractivity contribution is 7.85. The average Bonchev–Trinajstić information content (AvgIpc) is 2.46. The molecule has 1 heterocycles. The van der Waals surface area contributed by atoms with E-state index in [1.165, 1.54) is 22.3 Å². The second-order valence-electron chi connectivity index (χ2n) is 5.00. The van der Waals surface area contributed by atoms with Crippen LogP contribution in [0.5, 0.6) is 0 Å². The summed E-state index contributed by atoms with van der Waals surface area (Å²) in [6, 6.07) is 12.6. The maximum Gasteiger partial charge on any atom is 0.0858 e. The van der Waals surface area contributed by atoms with Gasteiger partial charge in [0, 0.05) is 4.90 Å². The van der Waals surface area contributed by atoms with Crippen molar-refractivity contribution in [3.05, 3.63) is 58.7 Å². The van der Waals surface area contributed by atoms with Gasteiger partial charge in [-0.2, -0.15) is 0 Å². The zero-order chi connectivity index (χ0) is 13.4. The van der Waals surface area contributed by atoms with Crippen molar-refractivity contribution in [2.45, 2.75) is 42.9 Å². The van der Waals surface area contributed by atoms with Gasteiger partial charge in [-0.15, -0.1) is 0 Å². The van der Waals surface area contributed by atoms with Gasteiger partial charge in [0.1, 0.15) is 0 Å². The Balaban J connectivity index is 2.22. The topological polar surface area (TPSA) is 17.1 Å². The first-order valence-corrected chi connectivity index (χ1v) is 8.04. The predicted octanol–water partition coefficient (Wildman–Crippen LogP) is 3.88. The van der Waals surface area contributed by atoms with Gasteiger partial charge < -0.3 is 0 Å². The Bertz CT molecular complexity index is 658. The van der Waals surface area contributed by atoms with Crippen LogP contribution < -0.4 is 0 Å². The molecule has 2 aromatic rings. The van der Waals surface area contributed by atoms with Crippen LogP contribution in [0.25, 0.3) is 0 Å². The van der Waals surface area contributed by atoms with Crippen molar-refractivity contribution in [1.82, 2.24) is 0 Å². The summed E-state index contributed by atoms with van der Waals surface area (Å²) in [7, 11) is -1.01. The van der Waals surface area contributed by atoms with Crippen LogP contribution in [-0.2, 0) is 30.1 Å².